The minimum absolute atomic E-state index is 0.272. The molecule has 0 bridgehead atoms. The van der Waals surface area contributed by atoms with Crippen molar-refractivity contribution >= 4 is 10.3 Å². The van der Waals surface area contributed by atoms with Gasteiger partial charge in [0, 0.05) is 18.6 Å². The molecule has 1 rings (SSSR count). The molecule has 186 valence electrons. The van der Waals surface area contributed by atoms with E-state index in [4.69, 9.17) is 0 Å². The lowest BCUT2D eigenvalue weighted by Crippen LogP contribution is -2.66. The number of aromatic nitrogens is 1. The Morgan fingerprint density at radius 2 is 1.28 bits per heavy atom. The summed E-state index contributed by atoms with van der Waals surface area (Å²) >= 11 is 0. The molecule has 1 unspecified atom stereocenters. The van der Waals surface area contributed by atoms with Crippen LogP contribution >= 0.6 is 0 Å². The van der Waals surface area contributed by atoms with Gasteiger partial charge in [-0.2, -0.15) is 48.3 Å². The average molecular weight is 516 g/mol. The van der Waals surface area contributed by atoms with E-state index in [1.807, 2.05) is 0 Å². The molecule has 32 heavy (non-hydrogen) atoms. The van der Waals surface area contributed by atoms with Gasteiger partial charge in [-0.3, -0.25) is 0 Å². The van der Waals surface area contributed by atoms with Crippen molar-refractivity contribution in [3.63, 3.8) is 0 Å². The van der Waals surface area contributed by atoms with Crippen molar-refractivity contribution < 1.29 is 69.3 Å². The van der Waals surface area contributed by atoms with E-state index < -0.39 is 72.2 Å². The Morgan fingerprint density at radius 1 is 0.781 bits per heavy atom. The Morgan fingerprint density at radius 3 is 1.75 bits per heavy atom. The lowest BCUT2D eigenvalue weighted by molar-refractivity contribution is -0.529. The minimum Gasteiger partial charge on any atom is -0.241 e. The fraction of sp³-hybridized carbons (Fsp3) is 0.667. The molecule has 0 radical (unpaired) electrons. The molecule has 0 fully saturated rings. The van der Waals surface area contributed by atoms with Crippen molar-refractivity contribution in [2.24, 2.45) is 0 Å². The first-order valence-corrected chi connectivity index (χ1v) is 9.70. The summed E-state index contributed by atoms with van der Waals surface area (Å²) in [6.07, 6.45) is -20.5. The first-order chi connectivity index (χ1) is 14.2. The van der Waals surface area contributed by atoms with Gasteiger partial charge in [-0.15, -0.1) is 12.6 Å². The second-order valence-electron chi connectivity index (χ2n) is 6.36. The predicted octanol–water partition coefficient (Wildman–Crippen LogP) is 5.04. The lowest BCUT2D eigenvalue weighted by atomic mass is 9.96. The molecular weight excluding hydrogens is 502 g/mol. The Labute approximate surface area is 173 Å². The molecule has 4 nitrogen and oxygen atoms in total. The second kappa shape index (κ2) is 9.23. The van der Waals surface area contributed by atoms with E-state index in [1.54, 1.807) is 0 Å². The zero-order chi connectivity index (χ0) is 25.2. The largest absolute Gasteiger partial charge is 0.519 e. The lowest BCUT2D eigenvalue weighted by Gasteiger charge is -2.36. The molecule has 0 saturated carbocycles. The summed E-state index contributed by atoms with van der Waals surface area (Å²) in [6, 6.07) is 2.86. The topological polar surface area (TPSA) is 47.3 Å². The summed E-state index contributed by atoms with van der Waals surface area (Å²) in [5.41, 5.74) is 0. The van der Waals surface area contributed by atoms with Crippen LogP contribution in [0.3, 0.4) is 0 Å². The quantitative estimate of drug-likeness (QED) is 0.235. The van der Waals surface area contributed by atoms with Gasteiger partial charge in [0.1, 0.15) is 0 Å². The Bertz CT molecular complexity index is 858. The van der Waals surface area contributed by atoms with Crippen LogP contribution in [0.15, 0.2) is 30.6 Å². The summed E-state index contributed by atoms with van der Waals surface area (Å²) < 4.78 is 185. The van der Waals surface area contributed by atoms with E-state index in [2.05, 4.69) is 4.18 Å². The maximum atomic E-state index is 13.7. The van der Waals surface area contributed by atoms with E-state index in [1.165, 1.54) is 0 Å². The van der Waals surface area contributed by atoms with Crippen molar-refractivity contribution in [2.75, 3.05) is 0 Å². The molecule has 1 heterocycles. The SMILES string of the molecule is O=S(=O)(OC(F)(F)C(F)(F)C(F)(F)C(F)(F)C(F)CCCCC(F)(F)F)[n+]1ccccc1. The molecule has 0 saturated heterocycles. The monoisotopic (exact) mass is 516 g/mol. The highest BCUT2D eigenvalue weighted by Crippen LogP contribution is 2.55. The number of pyridine rings is 1. The Balaban J connectivity index is 3.09. The van der Waals surface area contributed by atoms with Crippen LogP contribution in [-0.4, -0.2) is 44.6 Å². The summed E-state index contributed by atoms with van der Waals surface area (Å²) in [6.45, 7) is 0. The second-order valence-corrected chi connectivity index (χ2v) is 7.81. The zero-order valence-electron chi connectivity index (χ0n) is 15.4. The van der Waals surface area contributed by atoms with Crippen molar-refractivity contribution in [3.8, 4) is 0 Å². The molecule has 0 aromatic carbocycles. The van der Waals surface area contributed by atoms with E-state index in [0.717, 1.165) is 18.2 Å². The van der Waals surface area contributed by atoms with Crippen molar-refractivity contribution in [2.45, 2.75) is 61.9 Å². The highest BCUT2D eigenvalue weighted by atomic mass is 32.2. The van der Waals surface area contributed by atoms with Gasteiger partial charge in [0.2, 0.25) is 0 Å². The Hall–Kier alpha value is -1.78. The van der Waals surface area contributed by atoms with Gasteiger partial charge in [0.25, 0.3) is 0 Å². The normalized spacial score (nSPS) is 15.6. The van der Waals surface area contributed by atoms with Crippen LogP contribution in [0.4, 0.5) is 52.7 Å². The van der Waals surface area contributed by atoms with Crippen LogP contribution in [-0.2, 0) is 14.5 Å². The van der Waals surface area contributed by atoms with Crippen LogP contribution < -0.4 is 3.97 Å². The molecule has 0 aliphatic rings. The third-order valence-electron chi connectivity index (χ3n) is 3.90. The molecule has 17 heteroatoms. The first kappa shape index (κ1) is 28.3. The molecule has 0 amide bonds. The van der Waals surface area contributed by atoms with Gasteiger partial charge < -0.3 is 0 Å². The summed E-state index contributed by atoms with van der Waals surface area (Å²) in [5.74, 6) is -21.0. The third-order valence-corrected chi connectivity index (χ3v) is 5.08. The highest BCUT2D eigenvalue weighted by Gasteiger charge is 2.84. The van der Waals surface area contributed by atoms with Crippen LogP contribution in [0.5, 0.6) is 0 Å². The van der Waals surface area contributed by atoms with Gasteiger partial charge in [-0.05, 0) is 19.3 Å². The summed E-state index contributed by atoms with van der Waals surface area (Å²) in [5, 5.41) is 0. The van der Waals surface area contributed by atoms with Gasteiger partial charge in [-0.25, -0.2) is 4.39 Å². The maximum Gasteiger partial charge on any atom is 0.519 e. The fourth-order valence-corrected chi connectivity index (χ4v) is 3.07. The van der Waals surface area contributed by atoms with E-state index >= 15 is 0 Å². The van der Waals surface area contributed by atoms with Gasteiger partial charge in [0.15, 0.2) is 18.6 Å². The number of nitrogens with zero attached hydrogens (tertiary/aromatic N) is 1. The summed E-state index contributed by atoms with van der Waals surface area (Å²) in [4.78, 5) is 0. The number of rotatable bonds is 11. The molecule has 0 spiro atoms. The van der Waals surface area contributed by atoms with Crippen LogP contribution in [0.1, 0.15) is 25.7 Å². The number of hydrogen-bond donors (Lipinski definition) is 0. The highest BCUT2D eigenvalue weighted by molar-refractivity contribution is 7.80. The number of unbranched alkanes of at least 4 members (excludes halogenated alkanes) is 1. The van der Waals surface area contributed by atoms with Gasteiger partial charge >= 0.3 is 40.4 Å². The van der Waals surface area contributed by atoms with Crippen molar-refractivity contribution in [1.29, 1.82) is 0 Å². The first-order valence-electron chi connectivity index (χ1n) is 8.33. The Kier molecular flexibility index (Phi) is 8.15. The average Bonchev–Trinajstić information content (AvgIpc) is 2.63. The van der Waals surface area contributed by atoms with Gasteiger partial charge in [-0.1, -0.05) is 10.0 Å². The summed E-state index contributed by atoms with van der Waals surface area (Å²) in [7, 11) is -5.95. The van der Waals surface area contributed by atoms with Crippen LogP contribution in [0.25, 0.3) is 0 Å². The maximum absolute atomic E-state index is 13.7. The standard InChI is InChI=1S/C15H14F12NO3S/c16-10(6-2-3-7-11(17,18)19)12(20,21)13(22,23)14(24,25)15(26,27)31-32(29,30)28-8-4-1-5-9-28/h1,4-5,8-10H,2-3,6-7H2/q+1. The molecule has 1 aromatic rings. The fourth-order valence-electron chi connectivity index (χ4n) is 2.18. The van der Waals surface area contributed by atoms with Crippen molar-refractivity contribution in [1.82, 2.24) is 0 Å². The van der Waals surface area contributed by atoms with Crippen molar-refractivity contribution in [3.05, 3.63) is 30.6 Å². The molecule has 0 aliphatic carbocycles. The third kappa shape index (κ3) is 5.96. The number of halogens is 12. The van der Waals surface area contributed by atoms with E-state index in [9.17, 15) is 61.1 Å². The number of alkyl halides is 12. The van der Waals surface area contributed by atoms with E-state index in [0.29, 0.717) is 12.4 Å². The molecule has 0 aliphatic heterocycles. The zero-order valence-corrected chi connectivity index (χ0v) is 16.2. The number of hydrogen-bond acceptors (Lipinski definition) is 3. The van der Waals surface area contributed by atoms with Crippen LogP contribution in [0.2, 0.25) is 0 Å². The molecule has 1 atom stereocenters. The molecular formula is C15H14F12NO3S+. The smallest absolute Gasteiger partial charge is 0.241 e. The van der Waals surface area contributed by atoms with Crippen LogP contribution in [0, 0.1) is 0 Å². The van der Waals surface area contributed by atoms with Gasteiger partial charge in [0.05, 0.1) is 0 Å². The predicted molar refractivity (Wildman–Crippen MR) is 81.2 cm³/mol. The molecule has 1 aromatic heterocycles. The van der Waals surface area contributed by atoms with E-state index in [-0.39, 0.29) is 3.97 Å². The minimum atomic E-state index is -7.28. The molecule has 0 N–H and O–H groups in total.